The normalized spacial score (nSPS) is 10.8. The van der Waals surface area contributed by atoms with E-state index in [-0.39, 0.29) is 11.2 Å². The van der Waals surface area contributed by atoms with Gasteiger partial charge in [-0.3, -0.25) is 4.79 Å². The Morgan fingerprint density at radius 2 is 2.24 bits per heavy atom. The van der Waals surface area contributed by atoms with Gasteiger partial charge in [0.1, 0.15) is 17.6 Å². The van der Waals surface area contributed by atoms with Gasteiger partial charge in [0.15, 0.2) is 0 Å². The largest absolute Gasteiger partial charge is 0.508 e. The molecule has 3 rings (SSSR count). The van der Waals surface area contributed by atoms with Crippen LogP contribution in [0.5, 0.6) is 5.75 Å². The molecular formula is C12H7NO3S. The molecule has 1 aromatic carbocycles. The lowest BCUT2D eigenvalue weighted by molar-refractivity contribution is 0.474. The Labute approximate surface area is 99.8 Å². The zero-order valence-corrected chi connectivity index (χ0v) is 9.40. The molecule has 0 bridgehead atoms. The van der Waals surface area contributed by atoms with E-state index in [2.05, 4.69) is 4.98 Å². The first-order valence-electron chi connectivity index (χ1n) is 4.89. The number of nitrogens with zero attached hydrogens (tertiary/aromatic N) is 1. The second kappa shape index (κ2) is 3.71. The van der Waals surface area contributed by atoms with Crippen LogP contribution in [0.3, 0.4) is 0 Å². The smallest absolute Gasteiger partial charge is 0.202 e. The summed E-state index contributed by atoms with van der Waals surface area (Å²) in [5.41, 5.74) is 2.93. The van der Waals surface area contributed by atoms with Crippen molar-refractivity contribution in [1.29, 1.82) is 0 Å². The van der Waals surface area contributed by atoms with Gasteiger partial charge in [0.05, 0.1) is 22.2 Å². The first-order chi connectivity index (χ1) is 8.25. The van der Waals surface area contributed by atoms with Crippen molar-refractivity contribution < 1.29 is 9.52 Å². The van der Waals surface area contributed by atoms with Crippen molar-refractivity contribution in [3.05, 3.63) is 45.6 Å². The van der Waals surface area contributed by atoms with Gasteiger partial charge in [-0.1, -0.05) is 0 Å². The molecule has 0 aliphatic rings. The van der Waals surface area contributed by atoms with Crippen molar-refractivity contribution in [2.45, 2.75) is 0 Å². The van der Waals surface area contributed by atoms with Gasteiger partial charge in [-0.15, -0.1) is 11.3 Å². The number of thiazole rings is 1. The fraction of sp³-hybridized carbons (Fsp3) is 0. The van der Waals surface area contributed by atoms with Crippen LogP contribution in [0.15, 0.2) is 44.6 Å². The highest BCUT2D eigenvalue weighted by Crippen LogP contribution is 2.22. The fourth-order valence-electron chi connectivity index (χ4n) is 1.64. The minimum absolute atomic E-state index is 0.0714. The van der Waals surface area contributed by atoms with Crippen molar-refractivity contribution in [3.63, 3.8) is 0 Å². The van der Waals surface area contributed by atoms with E-state index < -0.39 is 0 Å². The Balaban J connectivity index is 2.34. The lowest BCUT2D eigenvalue weighted by atomic mass is 10.1. The van der Waals surface area contributed by atoms with Crippen LogP contribution in [0.4, 0.5) is 0 Å². The summed E-state index contributed by atoms with van der Waals surface area (Å²) in [6, 6.07) is 4.43. The summed E-state index contributed by atoms with van der Waals surface area (Å²) >= 11 is 1.42. The lowest BCUT2D eigenvalue weighted by Gasteiger charge is -2.00. The molecule has 84 valence electrons. The van der Waals surface area contributed by atoms with E-state index in [1.807, 2.05) is 0 Å². The van der Waals surface area contributed by atoms with E-state index in [9.17, 15) is 9.90 Å². The average Bonchev–Trinajstić information content (AvgIpc) is 2.82. The molecule has 0 atom stereocenters. The zero-order chi connectivity index (χ0) is 11.8. The van der Waals surface area contributed by atoms with Crippen LogP contribution in [0.25, 0.3) is 22.2 Å². The molecule has 4 nitrogen and oxygen atoms in total. The average molecular weight is 245 g/mol. The molecule has 2 aromatic heterocycles. The fourth-order valence-corrected chi connectivity index (χ4v) is 2.19. The molecule has 2 heterocycles. The molecule has 3 aromatic rings. The number of fused-ring (bicyclic) bond motifs is 1. The second-order valence-electron chi connectivity index (χ2n) is 3.53. The van der Waals surface area contributed by atoms with Gasteiger partial charge < -0.3 is 9.52 Å². The number of rotatable bonds is 1. The summed E-state index contributed by atoms with van der Waals surface area (Å²) in [5, 5.41) is 11.5. The Morgan fingerprint density at radius 3 is 3.00 bits per heavy atom. The Kier molecular flexibility index (Phi) is 2.19. The topological polar surface area (TPSA) is 63.3 Å². The Bertz CT molecular complexity index is 731. The predicted molar refractivity (Wildman–Crippen MR) is 65.3 cm³/mol. The summed E-state index contributed by atoms with van der Waals surface area (Å²) in [5.74, 6) is 0.0714. The number of hydrogen-bond donors (Lipinski definition) is 1. The summed E-state index contributed by atoms with van der Waals surface area (Å²) < 4.78 is 5.33. The summed E-state index contributed by atoms with van der Waals surface area (Å²) in [6.07, 6.45) is 1.37. The van der Waals surface area contributed by atoms with E-state index in [4.69, 9.17) is 4.42 Å². The van der Waals surface area contributed by atoms with Crippen LogP contribution in [0.2, 0.25) is 0 Å². The van der Waals surface area contributed by atoms with Crippen LogP contribution in [-0.4, -0.2) is 10.1 Å². The van der Waals surface area contributed by atoms with Gasteiger partial charge >= 0.3 is 0 Å². The number of phenolic OH excluding ortho intramolecular Hbond substituents is 1. The maximum atomic E-state index is 12.2. The molecule has 0 aliphatic heterocycles. The maximum Gasteiger partial charge on any atom is 0.202 e. The molecule has 0 saturated heterocycles. The highest BCUT2D eigenvalue weighted by atomic mass is 32.1. The number of hydrogen-bond acceptors (Lipinski definition) is 5. The first kappa shape index (κ1) is 10.0. The Morgan fingerprint density at radius 1 is 1.35 bits per heavy atom. The van der Waals surface area contributed by atoms with Gasteiger partial charge in [-0.25, -0.2) is 4.98 Å². The predicted octanol–water partition coefficient (Wildman–Crippen LogP) is 2.62. The third-order valence-electron chi connectivity index (χ3n) is 2.47. The van der Waals surface area contributed by atoms with Gasteiger partial charge in [0, 0.05) is 11.4 Å². The van der Waals surface area contributed by atoms with E-state index in [0.717, 1.165) is 0 Å². The zero-order valence-electron chi connectivity index (χ0n) is 8.58. The number of aromatic hydroxyl groups is 1. The molecule has 0 fully saturated rings. The van der Waals surface area contributed by atoms with Gasteiger partial charge in [-0.2, -0.15) is 0 Å². The van der Waals surface area contributed by atoms with Crippen molar-refractivity contribution in [2.24, 2.45) is 0 Å². The van der Waals surface area contributed by atoms with Crippen LogP contribution in [0.1, 0.15) is 0 Å². The van der Waals surface area contributed by atoms with Gasteiger partial charge in [0.25, 0.3) is 0 Å². The first-order valence-corrected chi connectivity index (χ1v) is 5.83. The minimum Gasteiger partial charge on any atom is -0.508 e. The quantitative estimate of drug-likeness (QED) is 0.715. The standard InChI is InChI=1S/C12H7NO3S/c14-7-1-2-8-11(3-7)16-4-9(12(8)15)10-5-17-6-13-10/h1-6,14H. The molecule has 0 amide bonds. The summed E-state index contributed by atoms with van der Waals surface area (Å²) in [7, 11) is 0. The molecule has 5 heteroatoms. The third-order valence-corrected chi connectivity index (χ3v) is 3.05. The molecule has 0 unspecified atom stereocenters. The van der Waals surface area contributed by atoms with Gasteiger partial charge in [0.2, 0.25) is 5.43 Å². The van der Waals surface area contributed by atoms with Crippen LogP contribution in [0, 0.1) is 0 Å². The van der Waals surface area contributed by atoms with Crippen molar-refractivity contribution in [1.82, 2.24) is 4.98 Å². The molecule has 0 spiro atoms. The third kappa shape index (κ3) is 1.60. The highest BCUT2D eigenvalue weighted by Gasteiger charge is 2.10. The van der Waals surface area contributed by atoms with E-state index in [1.165, 1.54) is 29.7 Å². The minimum atomic E-state index is -0.142. The molecule has 0 radical (unpaired) electrons. The van der Waals surface area contributed by atoms with Crippen molar-refractivity contribution in [3.8, 4) is 17.0 Å². The monoisotopic (exact) mass is 245 g/mol. The van der Waals surface area contributed by atoms with E-state index in [0.29, 0.717) is 22.2 Å². The van der Waals surface area contributed by atoms with Gasteiger partial charge in [-0.05, 0) is 12.1 Å². The van der Waals surface area contributed by atoms with E-state index >= 15 is 0 Å². The van der Waals surface area contributed by atoms with Crippen LogP contribution >= 0.6 is 11.3 Å². The molecule has 0 aliphatic carbocycles. The van der Waals surface area contributed by atoms with E-state index in [1.54, 1.807) is 17.0 Å². The van der Waals surface area contributed by atoms with Crippen LogP contribution < -0.4 is 5.43 Å². The number of phenols is 1. The Hall–Kier alpha value is -2.14. The molecule has 17 heavy (non-hydrogen) atoms. The number of aromatic nitrogens is 1. The van der Waals surface area contributed by atoms with Crippen molar-refractivity contribution >= 4 is 22.3 Å². The lowest BCUT2D eigenvalue weighted by Crippen LogP contribution is -2.04. The summed E-state index contributed by atoms with van der Waals surface area (Å²) in [6.45, 7) is 0. The second-order valence-corrected chi connectivity index (χ2v) is 4.25. The highest BCUT2D eigenvalue weighted by molar-refractivity contribution is 7.07. The molecular weight excluding hydrogens is 238 g/mol. The molecule has 1 N–H and O–H groups in total. The SMILES string of the molecule is O=c1c(-c2cscn2)coc2cc(O)ccc12. The number of benzene rings is 1. The molecule has 0 saturated carbocycles. The van der Waals surface area contributed by atoms with Crippen LogP contribution in [-0.2, 0) is 0 Å². The summed E-state index contributed by atoms with van der Waals surface area (Å²) in [4.78, 5) is 16.2. The maximum absolute atomic E-state index is 12.2. The van der Waals surface area contributed by atoms with Crippen molar-refractivity contribution in [2.75, 3.05) is 0 Å².